The van der Waals surface area contributed by atoms with E-state index >= 15 is 0 Å². The van der Waals surface area contributed by atoms with Crippen molar-refractivity contribution < 1.29 is 34.1 Å². The van der Waals surface area contributed by atoms with Crippen LogP contribution in [0, 0.1) is 5.92 Å². The summed E-state index contributed by atoms with van der Waals surface area (Å²) in [5, 5.41) is 19.0. The van der Waals surface area contributed by atoms with Gasteiger partial charge >= 0.3 is 0 Å². The molecular formula is C26H40N4O7. The number of fused-ring (bicyclic) bond motifs is 1. The number of nitrogens with two attached hydrogens (primary N) is 1. The maximum atomic E-state index is 12.9. The molecule has 3 heterocycles. The maximum absolute atomic E-state index is 12.9. The predicted molar refractivity (Wildman–Crippen MR) is 139 cm³/mol. The van der Waals surface area contributed by atoms with Crippen LogP contribution < -0.4 is 15.8 Å². The van der Waals surface area contributed by atoms with E-state index in [-0.39, 0.29) is 17.9 Å². The second kappa shape index (κ2) is 15.2. The van der Waals surface area contributed by atoms with Gasteiger partial charge in [0.1, 0.15) is 5.75 Å². The highest BCUT2D eigenvalue weighted by atomic mass is 16.5. The number of aromatic nitrogens is 1. The number of carboxylic acid groups (broad SMARTS) is 2. The third kappa shape index (κ3) is 10.8. The lowest BCUT2D eigenvalue weighted by Crippen LogP contribution is -2.47. The molecule has 0 unspecified atom stereocenters. The van der Waals surface area contributed by atoms with Crippen molar-refractivity contribution in [3.05, 3.63) is 30.0 Å². The molecule has 0 saturated carbocycles. The van der Waals surface area contributed by atoms with Gasteiger partial charge in [0, 0.05) is 68.8 Å². The summed E-state index contributed by atoms with van der Waals surface area (Å²) < 4.78 is 10.8. The van der Waals surface area contributed by atoms with Gasteiger partial charge in [-0.05, 0) is 49.9 Å². The van der Waals surface area contributed by atoms with Crippen LogP contribution in [0.15, 0.2) is 24.3 Å². The second-order valence-corrected chi connectivity index (χ2v) is 9.34. The minimum Gasteiger partial charge on any atom is -0.497 e. The highest BCUT2D eigenvalue weighted by molar-refractivity contribution is 5.82. The van der Waals surface area contributed by atoms with Gasteiger partial charge < -0.3 is 35.7 Å². The summed E-state index contributed by atoms with van der Waals surface area (Å²) in [6, 6.07) is 8.61. The highest BCUT2D eigenvalue weighted by Crippen LogP contribution is 2.24. The molecule has 37 heavy (non-hydrogen) atoms. The Morgan fingerprint density at radius 1 is 1.08 bits per heavy atom. The molecule has 1 amide bonds. The number of methoxy groups -OCH3 is 1. The van der Waals surface area contributed by atoms with Gasteiger partial charge in [0.05, 0.1) is 19.6 Å². The third-order valence-corrected chi connectivity index (χ3v) is 6.22. The second-order valence-electron chi connectivity index (χ2n) is 9.34. The average Bonchev–Trinajstić information content (AvgIpc) is 3.15. The molecule has 4 rings (SSSR count). The number of carbonyl (C=O) groups excluding carboxylic acids is 1. The molecule has 1 aromatic carbocycles. The number of nitrogens with zero attached hydrogens (tertiary/aromatic N) is 1. The smallest absolute Gasteiger partial charge is 0.300 e. The van der Waals surface area contributed by atoms with E-state index in [2.05, 4.69) is 21.3 Å². The van der Waals surface area contributed by atoms with Crippen molar-refractivity contribution in [1.82, 2.24) is 15.2 Å². The molecule has 2 atom stereocenters. The standard InChI is InChI=1S/C22H32N4O3.2C2H4O2/c1-28-20-4-5-21-16(11-20)10-18(25-21)12-24-22(27)15-2-3-17(23)14-26(13-15)19-6-8-29-9-7-19;2*1-2(3)4/h4-5,10-11,15,17,19,25H,2-3,6-9,12-14,23H2,1H3,(H,24,27);2*1H3,(H,3,4)/t15-,17+;;/m1../s1. The lowest BCUT2D eigenvalue weighted by atomic mass is 10.0. The number of aliphatic carboxylic acids is 2. The van der Waals surface area contributed by atoms with E-state index in [0.717, 1.165) is 88.2 Å². The number of carbonyl (C=O) groups is 3. The summed E-state index contributed by atoms with van der Waals surface area (Å²) in [4.78, 5) is 36.7. The molecule has 206 valence electrons. The summed E-state index contributed by atoms with van der Waals surface area (Å²) in [5.74, 6) is -0.738. The molecule has 2 aliphatic heterocycles. The molecule has 0 radical (unpaired) electrons. The number of H-pyrrole nitrogens is 1. The number of hydrogen-bond acceptors (Lipinski definition) is 7. The zero-order valence-electron chi connectivity index (χ0n) is 21.9. The first kappa shape index (κ1) is 30.1. The summed E-state index contributed by atoms with van der Waals surface area (Å²) in [6.45, 7) is 5.93. The zero-order valence-corrected chi connectivity index (χ0v) is 21.9. The summed E-state index contributed by atoms with van der Waals surface area (Å²) in [5.41, 5.74) is 8.34. The minimum absolute atomic E-state index is 0.0177. The SMILES string of the molecule is CC(=O)O.CC(=O)O.COc1ccc2[nH]c(CNC(=O)[C@@H]3CC[C@H](N)CN(C4CCOCC4)C3)cc2c1. The van der Waals surface area contributed by atoms with Crippen LogP contribution in [0.5, 0.6) is 5.75 Å². The Balaban J connectivity index is 0.000000530. The van der Waals surface area contributed by atoms with Crippen molar-refractivity contribution in [2.75, 3.05) is 33.4 Å². The van der Waals surface area contributed by atoms with Crippen LogP contribution in [0.4, 0.5) is 0 Å². The van der Waals surface area contributed by atoms with Crippen molar-refractivity contribution in [2.24, 2.45) is 11.7 Å². The van der Waals surface area contributed by atoms with Crippen molar-refractivity contribution in [3.8, 4) is 5.75 Å². The number of carboxylic acids is 2. The van der Waals surface area contributed by atoms with Gasteiger partial charge in [0.2, 0.25) is 5.91 Å². The van der Waals surface area contributed by atoms with Crippen molar-refractivity contribution in [2.45, 2.75) is 58.2 Å². The Bertz CT molecular complexity index is 1000. The van der Waals surface area contributed by atoms with Crippen molar-refractivity contribution in [1.29, 1.82) is 0 Å². The van der Waals surface area contributed by atoms with Crippen LogP contribution in [0.25, 0.3) is 10.9 Å². The number of rotatable bonds is 5. The number of benzene rings is 1. The molecule has 0 bridgehead atoms. The lowest BCUT2D eigenvalue weighted by molar-refractivity contribution is -0.135. The first-order valence-electron chi connectivity index (χ1n) is 12.5. The number of amides is 1. The van der Waals surface area contributed by atoms with Gasteiger partial charge in [-0.25, -0.2) is 0 Å². The monoisotopic (exact) mass is 520 g/mol. The lowest BCUT2D eigenvalue weighted by Gasteiger charge is -2.35. The van der Waals surface area contributed by atoms with Gasteiger partial charge in [0.25, 0.3) is 11.9 Å². The number of hydrogen-bond donors (Lipinski definition) is 5. The Morgan fingerprint density at radius 3 is 2.35 bits per heavy atom. The van der Waals surface area contributed by atoms with Gasteiger partial charge in [-0.2, -0.15) is 0 Å². The Labute approximate surface area is 217 Å². The molecule has 6 N–H and O–H groups in total. The van der Waals surface area contributed by atoms with E-state index in [4.69, 9.17) is 35.0 Å². The van der Waals surface area contributed by atoms with Crippen LogP contribution in [0.2, 0.25) is 0 Å². The fourth-order valence-electron chi connectivity index (χ4n) is 4.54. The van der Waals surface area contributed by atoms with Crippen LogP contribution in [-0.2, 0) is 25.7 Å². The van der Waals surface area contributed by atoms with Gasteiger partial charge in [-0.3, -0.25) is 19.3 Å². The highest BCUT2D eigenvalue weighted by Gasteiger charge is 2.31. The maximum Gasteiger partial charge on any atom is 0.300 e. The van der Waals surface area contributed by atoms with E-state index in [1.165, 1.54) is 0 Å². The quantitative estimate of drug-likeness (QED) is 0.397. The van der Waals surface area contributed by atoms with Crippen molar-refractivity contribution >= 4 is 28.7 Å². The van der Waals surface area contributed by atoms with Crippen LogP contribution in [0.1, 0.15) is 45.2 Å². The largest absolute Gasteiger partial charge is 0.497 e. The topological polar surface area (TPSA) is 167 Å². The Hall–Kier alpha value is -3.15. The summed E-state index contributed by atoms with van der Waals surface area (Å²) >= 11 is 0. The molecule has 11 nitrogen and oxygen atoms in total. The first-order chi connectivity index (χ1) is 17.6. The summed E-state index contributed by atoms with van der Waals surface area (Å²) in [6.07, 6.45) is 3.79. The molecule has 1 aromatic heterocycles. The van der Waals surface area contributed by atoms with Gasteiger partial charge in [-0.1, -0.05) is 0 Å². The van der Waals surface area contributed by atoms with Crippen LogP contribution in [0.3, 0.4) is 0 Å². The normalized spacial score (nSPS) is 20.4. The summed E-state index contributed by atoms with van der Waals surface area (Å²) in [7, 11) is 1.66. The van der Waals surface area contributed by atoms with E-state index in [9.17, 15) is 4.79 Å². The number of aromatic amines is 1. The number of nitrogens with one attached hydrogen (secondary N) is 2. The zero-order chi connectivity index (χ0) is 27.4. The number of likely N-dealkylation sites (tertiary alicyclic amines) is 1. The minimum atomic E-state index is -0.833. The average molecular weight is 521 g/mol. The first-order valence-corrected chi connectivity index (χ1v) is 12.5. The molecular weight excluding hydrogens is 480 g/mol. The van der Waals surface area contributed by atoms with E-state index in [1.54, 1.807) is 7.11 Å². The predicted octanol–water partition coefficient (Wildman–Crippen LogP) is 2.19. The Morgan fingerprint density at radius 2 is 1.73 bits per heavy atom. The number of ether oxygens (including phenoxy) is 2. The molecule has 2 aliphatic rings. The fraction of sp³-hybridized carbons (Fsp3) is 0.577. The molecule has 2 aromatic rings. The van der Waals surface area contributed by atoms with Gasteiger partial charge in [0.15, 0.2) is 0 Å². The van der Waals surface area contributed by atoms with Crippen LogP contribution >= 0.6 is 0 Å². The Kier molecular flexibility index (Phi) is 12.3. The molecule has 2 fully saturated rings. The van der Waals surface area contributed by atoms with E-state index in [1.807, 2.05) is 18.2 Å². The van der Waals surface area contributed by atoms with Crippen LogP contribution in [-0.4, -0.2) is 83.4 Å². The van der Waals surface area contributed by atoms with E-state index in [0.29, 0.717) is 12.6 Å². The van der Waals surface area contributed by atoms with Crippen molar-refractivity contribution in [3.63, 3.8) is 0 Å². The molecule has 0 aliphatic carbocycles. The third-order valence-electron chi connectivity index (χ3n) is 6.22. The van der Waals surface area contributed by atoms with E-state index < -0.39 is 11.9 Å². The van der Waals surface area contributed by atoms with Gasteiger partial charge in [-0.15, -0.1) is 0 Å². The molecule has 11 heteroatoms. The molecule has 2 saturated heterocycles. The molecule has 0 spiro atoms. The fourth-order valence-corrected chi connectivity index (χ4v) is 4.54.